The topological polar surface area (TPSA) is 51.2 Å². The molecule has 1 aromatic heterocycles. The van der Waals surface area contributed by atoms with Gasteiger partial charge in [-0.3, -0.25) is 4.79 Å². The summed E-state index contributed by atoms with van der Waals surface area (Å²) in [5, 5.41) is 3.32. The van der Waals surface area contributed by atoms with E-state index in [4.69, 9.17) is 16.3 Å². The Labute approximate surface area is 177 Å². The second kappa shape index (κ2) is 7.76. The second-order valence-corrected chi connectivity index (χ2v) is 8.65. The van der Waals surface area contributed by atoms with E-state index < -0.39 is 23.4 Å². The van der Waals surface area contributed by atoms with Gasteiger partial charge in [-0.15, -0.1) is 0 Å². The summed E-state index contributed by atoms with van der Waals surface area (Å²) < 4.78 is 48.0. The van der Waals surface area contributed by atoms with Gasteiger partial charge in [-0.25, -0.2) is 4.98 Å². The number of hydrogen-bond acceptors (Lipinski definition) is 3. The smallest absolute Gasteiger partial charge is 0.392 e. The molecule has 0 bridgehead atoms. The van der Waals surface area contributed by atoms with Crippen LogP contribution in [0, 0.1) is 17.8 Å². The summed E-state index contributed by atoms with van der Waals surface area (Å²) in [5.74, 6) is -2.52. The monoisotopic (exact) mass is 438 g/mol. The fourth-order valence-corrected chi connectivity index (χ4v) is 4.95. The van der Waals surface area contributed by atoms with E-state index in [2.05, 4.69) is 10.3 Å². The minimum Gasteiger partial charge on any atom is -0.476 e. The Morgan fingerprint density at radius 1 is 1.30 bits per heavy atom. The predicted molar refractivity (Wildman–Crippen MR) is 108 cm³/mol. The molecule has 1 saturated carbocycles. The van der Waals surface area contributed by atoms with Crippen molar-refractivity contribution in [2.75, 3.05) is 11.9 Å². The molecular formula is C22H22ClF3N2O2. The van der Waals surface area contributed by atoms with Gasteiger partial charge < -0.3 is 10.1 Å². The van der Waals surface area contributed by atoms with E-state index in [0.717, 1.165) is 0 Å². The van der Waals surface area contributed by atoms with Crippen LogP contribution in [0.1, 0.15) is 31.7 Å². The molecule has 4 rings (SSSR count). The summed E-state index contributed by atoms with van der Waals surface area (Å²) in [5.41, 5.74) is -0.0332. The van der Waals surface area contributed by atoms with E-state index in [1.807, 2.05) is 0 Å². The molecule has 160 valence electrons. The summed E-state index contributed by atoms with van der Waals surface area (Å²) in [7, 11) is 0. The largest absolute Gasteiger partial charge is 0.476 e. The predicted octanol–water partition coefficient (Wildman–Crippen LogP) is 5.62. The number of fused-ring (bicyclic) bond motifs is 2. The van der Waals surface area contributed by atoms with Crippen LogP contribution in [0.5, 0.6) is 5.88 Å². The van der Waals surface area contributed by atoms with Gasteiger partial charge in [-0.1, -0.05) is 24.6 Å². The van der Waals surface area contributed by atoms with E-state index in [0.29, 0.717) is 35.0 Å². The van der Waals surface area contributed by atoms with E-state index in [1.54, 1.807) is 43.3 Å². The van der Waals surface area contributed by atoms with Gasteiger partial charge in [-0.05, 0) is 55.5 Å². The number of rotatable bonds is 3. The SMILES string of the molecule is CC(C(=O)Nc1ccc(Cl)cc1)C1CCC2(COc3ncccc32)C(C(F)(F)F)C1. The number of anilines is 1. The lowest BCUT2D eigenvalue weighted by atomic mass is 9.59. The third-order valence-electron chi connectivity index (χ3n) is 6.57. The van der Waals surface area contributed by atoms with Crippen LogP contribution in [-0.4, -0.2) is 23.7 Å². The lowest BCUT2D eigenvalue weighted by molar-refractivity contribution is -0.210. The zero-order chi connectivity index (χ0) is 21.5. The molecule has 4 nitrogen and oxygen atoms in total. The van der Waals surface area contributed by atoms with E-state index in [1.165, 1.54) is 6.20 Å². The molecule has 1 aliphatic carbocycles. The van der Waals surface area contributed by atoms with E-state index in [-0.39, 0.29) is 24.9 Å². The molecule has 1 spiro atoms. The van der Waals surface area contributed by atoms with E-state index >= 15 is 0 Å². The van der Waals surface area contributed by atoms with Gasteiger partial charge in [0.25, 0.3) is 0 Å². The number of halogens is 4. The number of carbonyl (C=O) groups is 1. The van der Waals surface area contributed by atoms with Gasteiger partial charge in [0.15, 0.2) is 0 Å². The number of alkyl halides is 3. The summed E-state index contributed by atoms with van der Waals surface area (Å²) in [6.07, 6.45) is -2.17. The Morgan fingerprint density at radius 2 is 2.03 bits per heavy atom. The molecule has 2 aliphatic rings. The number of benzene rings is 1. The van der Waals surface area contributed by atoms with E-state index in [9.17, 15) is 18.0 Å². The van der Waals surface area contributed by atoms with Crippen LogP contribution >= 0.6 is 11.6 Å². The highest BCUT2D eigenvalue weighted by atomic mass is 35.5. The minimum atomic E-state index is -4.40. The lowest BCUT2D eigenvalue weighted by Gasteiger charge is -2.45. The van der Waals surface area contributed by atoms with Crippen LogP contribution < -0.4 is 10.1 Å². The molecule has 1 N–H and O–H groups in total. The molecule has 1 aromatic carbocycles. The highest BCUT2D eigenvalue weighted by Gasteiger charge is 2.60. The summed E-state index contributed by atoms with van der Waals surface area (Å²) in [6, 6.07) is 9.97. The van der Waals surface area contributed by atoms with Gasteiger partial charge >= 0.3 is 6.18 Å². The number of nitrogens with one attached hydrogen (secondary N) is 1. The number of aromatic nitrogens is 1. The average Bonchev–Trinajstić information content (AvgIpc) is 3.08. The van der Waals surface area contributed by atoms with Crippen LogP contribution in [0.3, 0.4) is 0 Å². The number of nitrogens with zero attached hydrogens (tertiary/aromatic N) is 1. The molecule has 2 aromatic rings. The van der Waals surface area contributed by atoms with Gasteiger partial charge in [-0.2, -0.15) is 13.2 Å². The lowest BCUT2D eigenvalue weighted by Crippen LogP contribution is -2.50. The molecular weight excluding hydrogens is 417 g/mol. The fourth-order valence-electron chi connectivity index (χ4n) is 4.82. The normalized spacial score (nSPS) is 26.7. The fraction of sp³-hybridized carbons (Fsp3) is 0.455. The standard InChI is InChI=1S/C22H22ClF3N2O2/c1-13(19(29)28-16-6-4-15(23)5-7-16)14-8-9-21(18(11-14)22(24,25)26)12-30-20-17(21)3-2-10-27-20/h2-7,10,13-14,18H,8-9,11-12H2,1H3,(H,28,29). The molecule has 8 heteroatoms. The zero-order valence-electron chi connectivity index (χ0n) is 16.4. The van der Waals surface area contributed by atoms with Crippen LogP contribution in [0.4, 0.5) is 18.9 Å². The quantitative estimate of drug-likeness (QED) is 0.676. The number of ether oxygens (including phenoxy) is 1. The maximum atomic E-state index is 14.2. The Bertz CT molecular complexity index is 935. The summed E-state index contributed by atoms with van der Waals surface area (Å²) in [4.78, 5) is 16.8. The molecule has 4 atom stereocenters. The van der Waals surface area contributed by atoms with Crippen LogP contribution in [0.15, 0.2) is 42.6 Å². The van der Waals surface area contributed by atoms with Crippen molar-refractivity contribution < 1.29 is 22.7 Å². The molecule has 1 amide bonds. The molecule has 1 aliphatic heterocycles. The number of hydrogen-bond donors (Lipinski definition) is 1. The van der Waals surface area contributed by atoms with Crippen molar-refractivity contribution in [2.24, 2.45) is 17.8 Å². The van der Waals surface area contributed by atoms with Crippen molar-refractivity contribution in [1.29, 1.82) is 0 Å². The Kier molecular flexibility index (Phi) is 5.43. The Balaban J connectivity index is 1.54. The first-order valence-corrected chi connectivity index (χ1v) is 10.3. The summed E-state index contributed by atoms with van der Waals surface area (Å²) >= 11 is 5.85. The van der Waals surface area contributed by atoms with Crippen LogP contribution in [-0.2, 0) is 10.2 Å². The second-order valence-electron chi connectivity index (χ2n) is 8.21. The Hall–Kier alpha value is -2.28. The molecule has 0 radical (unpaired) electrons. The molecule has 30 heavy (non-hydrogen) atoms. The Morgan fingerprint density at radius 3 is 2.73 bits per heavy atom. The van der Waals surface area contributed by atoms with Gasteiger partial charge in [0, 0.05) is 33.8 Å². The number of carbonyl (C=O) groups excluding carboxylic acids is 1. The third kappa shape index (κ3) is 3.75. The van der Waals surface area contributed by atoms with Crippen molar-refractivity contribution in [1.82, 2.24) is 4.98 Å². The highest BCUT2D eigenvalue weighted by molar-refractivity contribution is 6.30. The van der Waals surface area contributed by atoms with Crippen molar-refractivity contribution >= 4 is 23.2 Å². The zero-order valence-corrected chi connectivity index (χ0v) is 17.1. The average molecular weight is 439 g/mol. The van der Waals surface area contributed by atoms with Gasteiger partial charge in [0.1, 0.15) is 6.61 Å². The van der Waals surface area contributed by atoms with Crippen molar-refractivity contribution in [3.8, 4) is 5.88 Å². The van der Waals surface area contributed by atoms with Gasteiger partial charge in [0.2, 0.25) is 11.8 Å². The van der Waals surface area contributed by atoms with Crippen LogP contribution in [0.2, 0.25) is 5.02 Å². The maximum absolute atomic E-state index is 14.2. The molecule has 4 unspecified atom stereocenters. The minimum absolute atomic E-state index is 0.0262. The van der Waals surface area contributed by atoms with Crippen molar-refractivity contribution in [2.45, 2.75) is 37.8 Å². The first-order chi connectivity index (χ1) is 14.2. The van der Waals surface area contributed by atoms with Crippen molar-refractivity contribution in [3.05, 3.63) is 53.2 Å². The molecule has 0 saturated heterocycles. The third-order valence-corrected chi connectivity index (χ3v) is 6.82. The number of amides is 1. The molecule has 1 fully saturated rings. The first-order valence-electron chi connectivity index (χ1n) is 9.92. The van der Waals surface area contributed by atoms with Crippen LogP contribution in [0.25, 0.3) is 0 Å². The van der Waals surface area contributed by atoms with Gasteiger partial charge in [0.05, 0.1) is 5.92 Å². The number of pyridine rings is 1. The summed E-state index contributed by atoms with van der Waals surface area (Å²) in [6.45, 7) is 1.67. The molecule has 2 heterocycles. The van der Waals surface area contributed by atoms with Crippen molar-refractivity contribution in [3.63, 3.8) is 0 Å². The highest BCUT2D eigenvalue weighted by Crippen LogP contribution is 2.57. The first kappa shape index (κ1) is 21.0. The maximum Gasteiger partial charge on any atom is 0.392 e.